The average molecular weight is 493 g/mol. The van der Waals surface area contributed by atoms with Crippen LogP contribution in [0.25, 0.3) is 0 Å². The minimum atomic E-state index is -1.18. The summed E-state index contributed by atoms with van der Waals surface area (Å²) >= 11 is 6.33. The number of aromatic nitrogens is 2. The van der Waals surface area contributed by atoms with Crippen molar-refractivity contribution in [3.63, 3.8) is 0 Å². The number of hydrogen-bond donors (Lipinski definition) is 0. The van der Waals surface area contributed by atoms with Crippen LogP contribution in [-0.4, -0.2) is 61.4 Å². The summed E-state index contributed by atoms with van der Waals surface area (Å²) in [5.74, 6) is 0. The Morgan fingerprint density at radius 1 is 1.03 bits per heavy atom. The van der Waals surface area contributed by atoms with E-state index in [2.05, 4.69) is 35.5 Å². The van der Waals surface area contributed by atoms with Crippen LogP contribution in [0.15, 0.2) is 40.1 Å². The Morgan fingerprint density at radius 2 is 1.73 bits per heavy atom. The number of para-hydroxylation sites is 1. The molecule has 9 heteroatoms. The lowest BCUT2D eigenvalue weighted by Crippen LogP contribution is -2.47. The standard InChI is InChI=1S/C24H37ClN4O3Si/c1-20-18-28(19-32-16-17-33(2,3)4)24(31)29(23(20)30)11-7-10-26-12-14-27(15-13-26)22-9-6-5-8-21(22)25/h5-6,8-9,18H,7,10-17,19H2,1-4H3. The van der Waals surface area contributed by atoms with E-state index in [9.17, 15) is 9.59 Å². The van der Waals surface area contributed by atoms with Gasteiger partial charge in [0, 0.05) is 59.2 Å². The molecule has 33 heavy (non-hydrogen) atoms. The van der Waals surface area contributed by atoms with E-state index in [1.165, 1.54) is 9.13 Å². The Balaban J connectivity index is 1.52. The van der Waals surface area contributed by atoms with Crippen molar-refractivity contribution in [3.8, 4) is 0 Å². The van der Waals surface area contributed by atoms with Crippen LogP contribution in [0.1, 0.15) is 12.0 Å². The second-order valence-corrected chi connectivity index (χ2v) is 16.0. The molecule has 1 aromatic heterocycles. The molecule has 1 aliphatic heterocycles. The average Bonchev–Trinajstić information content (AvgIpc) is 2.77. The first kappa shape index (κ1) is 25.7. The molecule has 0 unspecified atom stereocenters. The van der Waals surface area contributed by atoms with Crippen LogP contribution in [0.3, 0.4) is 0 Å². The van der Waals surface area contributed by atoms with E-state index in [4.69, 9.17) is 16.3 Å². The van der Waals surface area contributed by atoms with Crippen LogP contribution in [0, 0.1) is 6.92 Å². The molecule has 7 nitrogen and oxygen atoms in total. The predicted octanol–water partition coefficient (Wildman–Crippen LogP) is 3.50. The quantitative estimate of drug-likeness (QED) is 0.375. The van der Waals surface area contributed by atoms with E-state index in [1.54, 1.807) is 13.1 Å². The number of hydrogen-bond acceptors (Lipinski definition) is 5. The van der Waals surface area contributed by atoms with Crippen LogP contribution in [0.5, 0.6) is 0 Å². The van der Waals surface area contributed by atoms with Crippen molar-refractivity contribution in [1.29, 1.82) is 0 Å². The van der Waals surface area contributed by atoms with E-state index in [0.717, 1.165) is 55.9 Å². The number of nitrogens with zero attached hydrogens (tertiary/aromatic N) is 4. The molecule has 3 rings (SSSR count). The molecule has 182 valence electrons. The number of benzene rings is 1. The Hall–Kier alpha value is -1.87. The number of rotatable bonds is 10. The highest BCUT2D eigenvalue weighted by Gasteiger charge is 2.19. The molecule has 2 aromatic rings. The minimum absolute atomic E-state index is 0.189. The van der Waals surface area contributed by atoms with Gasteiger partial charge in [-0.2, -0.15) is 0 Å². The molecule has 0 aliphatic carbocycles. The van der Waals surface area contributed by atoms with Gasteiger partial charge < -0.3 is 9.64 Å². The zero-order valence-electron chi connectivity index (χ0n) is 20.3. The lowest BCUT2D eigenvalue weighted by atomic mass is 10.2. The molecule has 0 bridgehead atoms. The maximum Gasteiger partial charge on any atom is 0.332 e. The molecule has 0 saturated carbocycles. The van der Waals surface area contributed by atoms with Gasteiger partial charge in [-0.15, -0.1) is 0 Å². The van der Waals surface area contributed by atoms with Gasteiger partial charge in [0.1, 0.15) is 6.73 Å². The predicted molar refractivity (Wildman–Crippen MR) is 139 cm³/mol. The molecule has 1 saturated heterocycles. The van der Waals surface area contributed by atoms with E-state index >= 15 is 0 Å². The maximum absolute atomic E-state index is 12.9. The van der Waals surface area contributed by atoms with Gasteiger partial charge in [-0.25, -0.2) is 4.79 Å². The second kappa shape index (κ2) is 11.5. The molecular weight excluding hydrogens is 456 g/mol. The number of piperazine rings is 1. The SMILES string of the molecule is Cc1cn(COCC[Si](C)(C)C)c(=O)n(CCCN2CCN(c3ccccc3Cl)CC2)c1=O. The third-order valence-corrected chi connectivity index (χ3v) is 8.08. The molecule has 0 N–H and O–H groups in total. The van der Waals surface area contributed by atoms with Crippen molar-refractivity contribution in [3.05, 3.63) is 61.9 Å². The molecule has 0 amide bonds. The summed E-state index contributed by atoms with van der Waals surface area (Å²) in [4.78, 5) is 30.2. The van der Waals surface area contributed by atoms with Crippen LogP contribution in [0.2, 0.25) is 30.7 Å². The molecule has 0 atom stereocenters. The highest BCUT2D eigenvalue weighted by Crippen LogP contribution is 2.26. The topological polar surface area (TPSA) is 59.7 Å². The van der Waals surface area contributed by atoms with Gasteiger partial charge in [0.2, 0.25) is 0 Å². The Bertz CT molecular complexity index is 1040. The summed E-state index contributed by atoms with van der Waals surface area (Å²) in [6.45, 7) is 14.4. The Kier molecular flexibility index (Phi) is 8.98. The third kappa shape index (κ3) is 7.30. The van der Waals surface area contributed by atoms with Crippen molar-refractivity contribution < 1.29 is 4.74 Å². The Labute approximate surface area is 202 Å². The van der Waals surface area contributed by atoms with Crippen molar-refractivity contribution in [2.24, 2.45) is 0 Å². The van der Waals surface area contributed by atoms with Crippen molar-refractivity contribution in [2.75, 3.05) is 44.2 Å². The largest absolute Gasteiger partial charge is 0.368 e. The molecule has 0 spiro atoms. The number of anilines is 1. The summed E-state index contributed by atoms with van der Waals surface area (Å²) < 4.78 is 8.62. The summed E-state index contributed by atoms with van der Waals surface area (Å²) in [6.07, 6.45) is 2.37. The van der Waals surface area contributed by atoms with Gasteiger partial charge in [-0.05, 0) is 38.1 Å². The summed E-state index contributed by atoms with van der Waals surface area (Å²) in [5.41, 5.74) is 1.15. The number of halogens is 1. The third-order valence-electron chi connectivity index (χ3n) is 6.06. The fourth-order valence-electron chi connectivity index (χ4n) is 4.00. The Morgan fingerprint density at radius 3 is 2.39 bits per heavy atom. The monoisotopic (exact) mass is 492 g/mol. The van der Waals surface area contributed by atoms with E-state index in [0.29, 0.717) is 18.7 Å². The molecule has 2 heterocycles. The fraction of sp³-hybridized carbons (Fsp3) is 0.583. The van der Waals surface area contributed by atoms with Crippen LogP contribution < -0.4 is 16.1 Å². The molecule has 1 aliphatic rings. The lowest BCUT2D eigenvalue weighted by Gasteiger charge is -2.36. The summed E-state index contributed by atoms with van der Waals surface area (Å²) in [5, 5.41) is 0.783. The fourth-order valence-corrected chi connectivity index (χ4v) is 5.01. The first-order valence-corrected chi connectivity index (χ1v) is 15.8. The minimum Gasteiger partial charge on any atom is -0.368 e. The van der Waals surface area contributed by atoms with Gasteiger partial charge in [0.05, 0.1) is 10.7 Å². The van der Waals surface area contributed by atoms with Gasteiger partial charge in [0.25, 0.3) is 5.56 Å². The van der Waals surface area contributed by atoms with Crippen LogP contribution in [-0.2, 0) is 18.0 Å². The molecule has 1 fully saturated rings. The number of aryl methyl sites for hydroxylation is 1. The lowest BCUT2D eigenvalue weighted by molar-refractivity contribution is 0.0822. The first-order chi connectivity index (χ1) is 15.7. The van der Waals surface area contributed by atoms with Gasteiger partial charge in [0.15, 0.2) is 0 Å². The molecular formula is C24H37ClN4O3Si. The normalized spacial score (nSPS) is 15.2. The molecule has 1 aromatic carbocycles. The van der Waals surface area contributed by atoms with E-state index in [1.807, 2.05) is 18.2 Å². The summed E-state index contributed by atoms with van der Waals surface area (Å²) in [6, 6.07) is 8.99. The van der Waals surface area contributed by atoms with E-state index < -0.39 is 8.07 Å². The van der Waals surface area contributed by atoms with Crippen molar-refractivity contribution >= 4 is 25.4 Å². The summed E-state index contributed by atoms with van der Waals surface area (Å²) in [7, 11) is -1.18. The van der Waals surface area contributed by atoms with Crippen LogP contribution in [0.4, 0.5) is 5.69 Å². The van der Waals surface area contributed by atoms with Gasteiger partial charge in [-0.3, -0.25) is 18.8 Å². The highest BCUT2D eigenvalue weighted by molar-refractivity contribution is 6.76. The zero-order chi connectivity index (χ0) is 24.0. The van der Waals surface area contributed by atoms with E-state index in [-0.39, 0.29) is 18.0 Å². The van der Waals surface area contributed by atoms with Crippen molar-refractivity contribution in [1.82, 2.24) is 14.0 Å². The second-order valence-electron chi connectivity index (χ2n) is 10.0. The highest BCUT2D eigenvalue weighted by atomic mass is 35.5. The van der Waals surface area contributed by atoms with Gasteiger partial charge >= 0.3 is 5.69 Å². The maximum atomic E-state index is 12.9. The smallest absolute Gasteiger partial charge is 0.332 e. The number of ether oxygens (including phenoxy) is 1. The zero-order valence-corrected chi connectivity index (χ0v) is 22.1. The molecule has 0 radical (unpaired) electrons. The van der Waals surface area contributed by atoms with Crippen molar-refractivity contribution in [2.45, 2.75) is 52.3 Å². The van der Waals surface area contributed by atoms with Gasteiger partial charge in [-0.1, -0.05) is 43.4 Å². The van der Waals surface area contributed by atoms with Crippen LogP contribution >= 0.6 is 11.6 Å². The first-order valence-electron chi connectivity index (χ1n) is 11.8.